The van der Waals surface area contributed by atoms with Crippen LogP contribution in [0.25, 0.3) is 0 Å². The molecule has 0 saturated carbocycles. The van der Waals surface area contributed by atoms with Crippen LogP contribution in [0.4, 0.5) is 11.5 Å². The summed E-state index contributed by atoms with van der Waals surface area (Å²) in [5.41, 5.74) is 6.64. The van der Waals surface area contributed by atoms with Crippen LogP contribution in [0.2, 0.25) is 0 Å². The number of anilines is 2. The van der Waals surface area contributed by atoms with Crippen LogP contribution in [-0.4, -0.2) is 18.0 Å². The zero-order valence-corrected chi connectivity index (χ0v) is 11.8. The predicted molar refractivity (Wildman–Crippen MR) is 77.3 cm³/mol. The third-order valence-corrected chi connectivity index (χ3v) is 2.93. The highest BCUT2D eigenvalue weighted by atomic mass is 79.9. The first-order valence-corrected chi connectivity index (χ1v) is 6.26. The Morgan fingerprint density at radius 1 is 1.37 bits per heavy atom. The lowest BCUT2D eigenvalue weighted by Gasteiger charge is -2.08. The van der Waals surface area contributed by atoms with Gasteiger partial charge in [-0.1, -0.05) is 0 Å². The van der Waals surface area contributed by atoms with E-state index in [-0.39, 0.29) is 5.91 Å². The number of nitrogens with two attached hydrogens (primary N) is 1. The van der Waals surface area contributed by atoms with Gasteiger partial charge in [-0.2, -0.15) is 0 Å². The zero-order chi connectivity index (χ0) is 13.8. The molecule has 0 aliphatic rings. The van der Waals surface area contributed by atoms with Crippen LogP contribution in [0, 0.1) is 0 Å². The summed E-state index contributed by atoms with van der Waals surface area (Å²) in [4.78, 5) is 16.1. The molecule has 19 heavy (non-hydrogen) atoms. The Morgan fingerprint density at radius 3 is 2.79 bits per heavy atom. The van der Waals surface area contributed by atoms with Crippen LogP contribution in [0.1, 0.15) is 10.4 Å². The summed E-state index contributed by atoms with van der Waals surface area (Å²) in [5.74, 6) is 0.675. The van der Waals surface area contributed by atoms with E-state index in [4.69, 9.17) is 10.5 Å². The lowest BCUT2D eigenvalue weighted by Crippen LogP contribution is -2.13. The molecule has 0 atom stereocenters. The number of carbonyl (C=O) groups is 1. The van der Waals surface area contributed by atoms with E-state index in [1.165, 1.54) is 7.11 Å². The van der Waals surface area contributed by atoms with Crippen LogP contribution < -0.4 is 15.8 Å². The molecule has 1 heterocycles. The third-order valence-electron chi connectivity index (χ3n) is 2.46. The fourth-order valence-electron chi connectivity index (χ4n) is 1.49. The molecule has 1 aromatic carbocycles. The SMILES string of the molecule is COc1cc(C(=O)Nc2ccc(Br)cn2)ccc1N. The molecule has 0 unspecified atom stereocenters. The molecule has 6 heteroatoms. The van der Waals surface area contributed by atoms with Crippen molar-refractivity contribution in [2.75, 3.05) is 18.2 Å². The monoisotopic (exact) mass is 321 g/mol. The first kappa shape index (κ1) is 13.4. The number of halogens is 1. The zero-order valence-electron chi connectivity index (χ0n) is 10.2. The van der Waals surface area contributed by atoms with Gasteiger partial charge in [0.05, 0.1) is 12.8 Å². The Morgan fingerprint density at radius 2 is 2.16 bits per heavy atom. The van der Waals surface area contributed by atoms with Crippen molar-refractivity contribution in [1.82, 2.24) is 4.98 Å². The Balaban J connectivity index is 2.18. The van der Waals surface area contributed by atoms with Crippen LogP contribution in [0.5, 0.6) is 5.75 Å². The van der Waals surface area contributed by atoms with E-state index in [1.807, 2.05) is 0 Å². The van der Waals surface area contributed by atoms with Gasteiger partial charge in [-0.15, -0.1) is 0 Å². The Bertz CT molecular complexity index is 599. The van der Waals surface area contributed by atoms with Gasteiger partial charge in [0.1, 0.15) is 11.6 Å². The van der Waals surface area contributed by atoms with Crippen molar-refractivity contribution in [2.45, 2.75) is 0 Å². The average molecular weight is 322 g/mol. The molecule has 1 amide bonds. The maximum Gasteiger partial charge on any atom is 0.256 e. The lowest BCUT2D eigenvalue weighted by molar-refractivity contribution is 0.102. The number of nitrogens with zero attached hydrogens (tertiary/aromatic N) is 1. The van der Waals surface area contributed by atoms with Crippen LogP contribution in [-0.2, 0) is 0 Å². The van der Waals surface area contributed by atoms with Crippen molar-refractivity contribution in [3.8, 4) is 5.75 Å². The largest absolute Gasteiger partial charge is 0.495 e. The molecule has 0 radical (unpaired) electrons. The number of nitrogens with one attached hydrogen (secondary N) is 1. The van der Waals surface area contributed by atoms with E-state index >= 15 is 0 Å². The molecule has 0 fully saturated rings. The van der Waals surface area contributed by atoms with Gasteiger partial charge in [-0.3, -0.25) is 4.79 Å². The van der Waals surface area contributed by atoms with Gasteiger partial charge in [0.2, 0.25) is 0 Å². The highest BCUT2D eigenvalue weighted by Crippen LogP contribution is 2.22. The van der Waals surface area contributed by atoms with Gasteiger partial charge in [-0.25, -0.2) is 4.98 Å². The van der Waals surface area contributed by atoms with Crippen LogP contribution in [0.15, 0.2) is 41.0 Å². The highest BCUT2D eigenvalue weighted by molar-refractivity contribution is 9.10. The molecule has 0 aliphatic heterocycles. The van der Waals surface area contributed by atoms with Crippen molar-refractivity contribution in [1.29, 1.82) is 0 Å². The summed E-state index contributed by atoms with van der Waals surface area (Å²) in [6.07, 6.45) is 1.61. The van der Waals surface area contributed by atoms with E-state index < -0.39 is 0 Å². The number of nitrogen functional groups attached to an aromatic ring is 1. The van der Waals surface area contributed by atoms with Crippen molar-refractivity contribution in [3.63, 3.8) is 0 Å². The van der Waals surface area contributed by atoms with Crippen molar-refractivity contribution >= 4 is 33.3 Å². The summed E-state index contributed by atoms with van der Waals surface area (Å²) in [5, 5.41) is 2.69. The smallest absolute Gasteiger partial charge is 0.256 e. The first-order valence-electron chi connectivity index (χ1n) is 5.46. The predicted octanol–water partition coefficient (Wildman–Crippen LogP) is 2.69. The second-order valence-electron chi connectivity index (χ2n) is 3.77. The van der Waals surface area contributed by atoms with E-state index in [9.17, 15) is 4.79 Å². The number of amides is 1. The molecule has 2 aromatic rings. The summed E-state index contributed by atoms with van der Waals surface area (Å²) in [7, 11) is 1.50. The molecular weight excluding hydrogens is 310 g/mol. The van der Waals surface area contributed by atoms with Crippen molar-refractivity contribution in [2.24, 2.45) is 0 Å². The minimum absolute atomic E-state index is 0.270. The van der Waals surface area contributed by atoms with E-state index in [0.717, 1.165) is 4.47 Å². The molecule has 5 nitrogen and oxygen atoms in total. The topological polar surface area (TPSA) is 77.2 Å². The minimum Gasteiger partial charge on any atom is -0.495 e. The Hall–Kier alpha value is -2.08. The molecule has 98 valence electrons. The molecule has 0 bridgehead atoms. The summed E-state index contributed by atoms with van der Waals surface area (Å²) in [6.45, 7) is 0. The van der Waals surface area contributed by atoms with Crippen LogP contribution in [0.3, 0.4) is 0 Å². The van der Waals surface area contributed by atoms with Gasteiger partial charge in [0.15, 0.2) is 0 Å². The highest BCUT2D eigenvalue weighted by Gasteiger charge is 2.09. The van der Waals surface area contributed by atoms with Crippen LogP contribution >= 0.6 is 15.9 Å². The van der Waals surface area contributed by atoms with E-state index in [0.29, 0.717) is 22.8 Å². The number of rotatable bonds is 3. The second kappa shape index (κ2) is 5.71. The molecular formula is C13H12BrN3O2. The first-order chi connectivity index (χ1) is 9.10. The maximum atomic E-state index is 12.0. The number of ether oxygens (including phenoxy) is 1. The molecule has 0 saturated heterocycles. The summed E-state index contributed by atoms with van der Waals surface area (Å²) >= 11 is 3.28. The number of hydrogen-bond donors (Lipinski definition) is 2. The third kappa shape index (κ3) is 3.23. The fraction of sp³-hybridized carbons (Fsp3) is 0.0769. The molecule has 3 N–H and O–H groups in total. The number of methoxy groups -OCH3 is 1. The number of benzene rings is 1. The van der Waals surface area contributed by atoms with Gasteiger partial charge >= 0.3 is 0 Å². The normalized spacial score (nSPS) is 10.0. The van der Waals surface area contributed by atoms with Crippen molar-refractivity contribution < 1.29 is 9.53 Å². The standard InChI is InChI=1S/C13H12BrN3O2/c1-19-11-6-8(2-4-10(11)15)13(18)17-12-5-3-9(14)7-16-12/h2-7H,15H2,1H3,(H,16,17,18). The Labute approximate surface area is 118 Å². The van der Waals surface area contributed by atoms with Gasteiger partial charge in [-0.05, 0) is 46.3 Å². The summed E-state index contributed by atoms with van der Waals surface area (Å²) < 4.78 is 5.92. The number of carbonyl (C=O) groups excluding carboxylic acids is 1. The maximum absolute atomic E-state index is 12.0. The van der Waals surface area contributed by atoms with E-state index in [2.05, 4.69) is 26.2 Å². The molecule has 0 aliphatic carbocycles. The quantitative estimate of drug-likeness (QED) is 0.852. The van der Waals surface area contributed by atoms with Crippen molar-refractivity contribution in [3.05, 3.63) is 46.6 Å². The average Bonchev–Trinajstić information content (AvgIpc) is 2.42. The summed E-state index contributed by atoms with van der Waals surface area (Å²) in [6, 6.07) is 8.35. The number of hydrogen-bond acceptors (Lipinski definition) is 4. The number of aromatic nitrogens is 1. The fourth-order valence-corrected chi connectivity index (χ4v) is 1.73. The second-order valence-corrected chi connectivity index (χ2v) is 4.69. The molecule has 2 rings (SSSR count). The van der Waals surface area contributed by atoms with Gasteiger partial charge in [0.25, 0.3) is 5.91 Å². The van der Waals surface area contributed by atoms with Gasteiger partial charge in [0, 0.05) is 16.2 Å². The minimum atomic E-state index is -0.270. The molecule has 0 spiro atoms. The Kier molecular flexibility index (Phi) is 4.01. The molecule has 1 aromatic heterocycles. The number of pyridine rings is 1. The van der Waals surface area contributed by atoms with E-state index in [1.54, 1.807) is 36.5 Å². The lowest BCUT2D eigenvalue weighted by atomic mass is 10.2. The van der Waals surface area contributed by atoms with Gasteiger partial charge < -0.3 is 15.8 Å².